The summed E-state index contributed by atoms with van der Waals surface area (Å²) in [6.45, 7) is 4.09. The van der Waals surface area contributed by atoms with E-state index in [0.717, 1.165) is 36.4 Å². The van der Waals surface area contributed by atoms with Gasteiger partial charge >= 0.3 is 6.03 Å². The third-order valence-electron chi connectivity index (χ3n) is 4.46. The van der Waals surface area contributed by atoms with E-state index >= 15 is 0 Å². The summed E-state index contributed by atoms with van der Waals surface area (Å²) in [6.07, 6.45) is 2.22. The number of rotatable bonds is 1. The third-order valence-corrected chi connectivity index (χ3v) is 4.46. The van der Waals surface area contributed by atoms with Gasteiger partial charge in [0.15, 0.2) is 11.6 Å². The van der Waals surface area contributed by atoms with Crippen LogP contribution in [0.4, 0.5) is 10.6 Å². The second kappa shape index (κ2) is 5.61. The number of carbonyl (C=O) groups excluding carboxylic acids is 1. The van der Waals surface area contributed by atoms with E-state index in [-0.39, 0.29) is 6.03 Å². The normalized spacial score (nSPS) is 19.5. The van der Waals surface area contributed by atoms with Crippen LogP contribution in [-0.2, 0) is 6.61 Å². The average molecular weight is 313 g/mol. The maximum absolute atomic E-state index is 12.4. The first-order chi connectivity index (χ1) is 11.2. The molecule has 1 aromatic carbocycles. The number of hydrogen-bond acceptors (Lipinski definition) is 4. The van der Waals surface area contributed by atoms with Crippen LogP contribution >= 0.6 is 0 Å². The van der Waals surface area contributed by atoms with Crippen LogP contribution in [0, 0.1) is 5.92 Å². The Morgan fingerprint density at radius 3 is 3.13 bits per heavy atom. The molecule has 1 aromatic heterocycles. The standard InChI is InChI=1S/C17H19N3O3/c1-11-5-4-8-20(9-11)17(21)18-16-13-10-22-14-7-3-2-6-12(14)15(13)23-19-16/h2-3,6-7,11H,4-5,8-10H2,1H3,(H,18,19,21). The summed E-state index contributed by atoms with van der Waals surface area (Å²) in [4.78, 5) is 14.3. The highest BCUT2D eigenvalue weighted by atomic mass is 16.5. The molecule has 0 aliphatic carbocycles. The lowest BCUT2D eigenvalue weighted by atomic mass is 10.0. The summed E-state index contributed by atoms with van der Waals surface area (Å²) >= 11 is 0. The lowest BCUT2D eigenvalue weighted by Crippen LogP contribution is -2.41. The van der Waals surface area contributed by atoms with Gasteiger partial charge in [0.1, 0.15) is 12.4 Å². The minimum absolute atomic E-state index is 0.119. The van der Waals surface area contributed by atoms with Crippen molar-refractivity contribution >= 4 is 11.8 Å². The predicted molar refractivity (Wildman–Crippen MR) is 85.3 cm³/mol. The van der Waals surface area contributed by atoms with E-state index in [2.05, 4.69) is 17.4 Å². The second-order valence-corrected chi connectivity index (χ2v) is 6.25. The SMILES string of the molecule is CC1CCCN(C(=O)Nc2noc3c2COc2ccccc2-3)C1. The van der Waals surface area contributed by atoms with Crippen LogP contribution in [0.3, 0.4) is 0 Å². The van der Waals surface area contributed by atoms with E-state index in [1.807, 2.05) is 29.2 Å². The highest BCUT2D eigenvalue weighted by Crippen LogP contribution is 2.40. The van der Waals surface area contributed by atoms with E-state index in [0.29, 0.717) is 24.1 Å². The zero-order chi connectivity index (χ0) is 15.8. The molecule has 1 atom stereocenters. The van der Waals surface area contributed by atoms with Crippen LogP contribution in [0.2, 0.25) is 0 Å². The Kier molecular flexibility index (Phi) is 3.44. The Hall–Kier alpha value is -2.50. The molecule has 2 amide bonds. The van der Waals surface area contributed by atoms with Gasteiger partial charge in [-0.15, -0.1) is 0 Å². The molecule has 3 heterocycles. The summed E-state index contributed by atoms with van der Waals surface area (Å²) in [5, 5.41) is 6.91. The molecule has 2 aliphatic heterocycles. The van der Waals surface area contributed by atoms with Gasteiger partial charge in [0.05, 0.1) is 11.1 Å². The van der Waals surface area contributed by atoms with Gasteiger partial charge in [-0.05, 0) is 30.9 Å². The summed E-state index contributed by atoms with van der Waals surface area (Å²) in [5.41, 5.74) is 1.66. The van der Waals surface area contributed by atoms with Crippen molar-refractivity contribution in [1.29, 1.82) is 0 Å². The molecule has 1 unspecified atom stereocenters. The number of carbonyl (C=O) groups is 1. The van der Waals surface area contributed by atoms with Gasteiger partial charge in [-0.25, -0.2) is 4.79 Å². The third kappa shape index (κ3) is 2.54. The molecule has 6 heteroatoms. The van der Waals surface area contributed by atoms with Crippen LogP contribution in [0.1, 0.15) is 25.3 Å². The molecular weight excluding hydrogens is 294 g/mol. The number of aromatic nitrogens is 1. The molecule has 23 heavy (non-hydrogen) atoms. The van der Waals surface area contributed by atoms with Gasteiger partial charge < -0.3 is 14.2 Å². The number of urea groups is 1. The van der Waals surface area contributed by atoms with Gasteiger partial charge in [-0.2, -0.15) is 0 Å². The van der Waals surface area contributed by atoms with E-state index < -0.39 is 0 Å². The molecule has 0 saturated carbocycles. The van der Waals surface area contributed by atoms with Crippen LogP contribution < -0.4 is 10.1 Å². The number of benzene rings is 1. The minimum Gasteiger partial charge on any atom is -0.488 e. The maximum atomic E-state index is 12.4. The molecule has 2 aromatic rings. The first-order valence-electron chi connectivity index (χ1n) is 7.99. The van der Waals surface area contributed by atoms with Crippen LogP contribution in [0.15, 0.2) is 28.8 Å². The molecular formula is C17H19N3O3. The monoisotopic (exact) mass is 313 g/mol. The number of nitrogens with one attached hydrogen (secondary N) is 1. The van der Waals surface area contributed by atoms with Crippen LogP contribution in [0.5, 0.6) is 5.75 Å². The van der Waals surface area contributed by atoms with Gasteiger partial charge in [0.25, 0.3) is 0 Å². The fraction of sp³-hybridized carbons (Fsp3) is 0.412. The van der Waals surface area contributed by atoms with Crippen molar-refractivity contribution < 1.29 is 14.1 Å². The second-order valence-electron chi connectivity index (χ2n) is 6.25. The number of piperidine rings is 1. The minimum atomic E-state index is -0.119. The van der Waals surface area contributed by atoms with Crippen molar-refractivity contribution in [2.45, 2.75) is 26.4 Å². The largest absolute Gasteiger partial charge is 0.488 e. The molecule has 6 nitrogen and oxygen atoms in total. The smallest absolute Gasteiger partial charge is 0.323 e. The quantitative estimate of drug-likeness (QED) is 0.875. The van der Waals surface area contributed by atoms with E-state index in [9.17, 15) is 4.79 Å². The van der Waals surface area contributed by atoms with Crippen LogP contribution in [0.25, 0.3) is 11.3 Å². The Labute approximate surface area is 134 Å². The van der Waals surface area contributed by atoms with Gasteiger partial charge in [0.2, 0.25) is 0 Å². The van der Waals surface area contributed by atoms with Crippen LogP contribution in [-0.4, -0.2) is 29.2 Å². The first-order valence-corrected chi connectivity index (χ1v) is 7.99. The van der Waals surface area contributed by atoms with Crippen molar-refractivity contribution in [3.05, 3.63) is 29.8 Å². The molecule has 1 fully saturated rings. The zero-order valence-electron chi connectivity index (χ0n) is 13.0. The van der Waals surface area contributed by atoms with Crippen molar-refractivity contribution in [2.24, 2.45) is 5.92 Å². The van der Waals surface area contributed by atoms with Gasteiger partial charge in [0, 0.05) is 13.1 Å². The van der Waals surface area contributed by atoms with Gasteiger partial charge in [-0.3, -0.25) is 5.32 Å². The summed E-state index contributed by atoms with van der Waals surface area (Å²) in [6, 6.07) is 7.55. The number of amides is 2. The molecule has 1 saturated heterocycles. The fourth-order valence-electron chi connectivity index (χ4n) is 3.24. The van der Waals surface area contributed by atoms with Crippen molar-refractivity contribution in [3.63, 3.8) is 0 Å². The summed E-state index contributed by atoms with van der Waals surface area (Å²) in [7, 11) is 0. The highest BCUT2D eigenvalue weighted by Gasteiger charge is 2.28. The summed E-state index contributed by atoms with van der Waals surface area (Å²) < 4.78 is 11.2. The Morgan fingerprint density at radius 2 is 2.26 bits per heavy atom. The van der Waals surface area contributed by atoms with Gasteiger partial charge in [-0.1, -0.05) is 24.2 Å². The average Bonchev–Trinajstić information content (AvgIpc) is 2.98. The number of nitrogens with zero attached hydrogens (tertiary/aromatic N) is 2. The summed E-state index contributed by atoms with van der Waals surface area (Å²) in [5.74, 6) is 2.45. The topological polar surface area (TPSA) is 67.6 Å². The Bertz CT molecular complexity index is 740. The highest BCUT2D eigenvalue weighted by molar-refractivity contribution is 5.90. The molecule has 1 N–H and O–H groups in total. The van der Waals surface area contributed by atoms with E-state index in [4.69, 9.17) is 9.26 Å². The Morgan fingerprint density at radius 1 is 1.39 bits per heavy atom. The van der Waals surface area contributed by atoms with Crippen molar-refractivity contribution in [3.8, 4) is 17.1 Å². The van der Waals surface area contributed by atoms with Crippen molar-refractivity contribution in [2.75, 3.05) is 18.4 Å². The molecule has 0 bridgehead atoms. The fourth-order valence-corrected chi connectivity index (χ4v) is 3.24. The molecule has 0 radical (unpaired) electrons. The number of likely N-dealkylation sites (tertiary alicyclic amines) is 1. The number of para-hydroxylation sites is 1. The van der Waals surface area contributed by atoms with Crippen molar-refractivity contribution in [1.82, 2.24) is 10.1 Å². The first kappa shape index (κ1) is 14.1. The zero-order valence-corrected chi connectivity index (χ0v) is 13.0. The predicted octanol–water partition coefficient (Wildman–Crippen LogP) is 3.50. The van der Waals surface area contributed by atoms with E-state index in [1.165, 1.54) is 6.42 Å². The number of fused-ring (bicyclic) bond motifs is 3. The van der Waals surface area contributed by atoms with E-state index in [1.54, 1.807) is 0 Å². The molecule has 4 rings (SSSR count). The Balaban J connectivity index is 1.56. The lowest BCUT2D eigenvalue weighted by Gasteiger charge is -2.30. The lowest BCUT2D eigenvalue weighted by molar-refractivity contribution is 0.182. The number of anilines is 1. The molecule has 120 valence electrons. The number of ether oxygens (including phenoxy) is 1. The molecule has 2 aliphatic rings. The molecule has 0 spiro atoms. The maximum Gasteiger partial charge on any atom is 0.323 e. The number of hydrogen-bond donors (Lipinski definition) is 1.